The smallest absolute Gasteiger partial charge is 0.387 e. The number of methoxy groups -OCH3 is 1. The third-order valence-electron chi connectivity index (χ3n) is 3.54. The molecule has 0 aliphatic carbocycles. The summed E-state index contributed by atoms with van der Waals surface area (Å²) in [5, 5.41) is 13.9. The van der Waals surface area contributed by atoms with Gasteiger partial charge in [-0.05, 0) is 18.6 Å². The number of hydrogen-bond donors (Lipinski definition) is 1. The van der Waals surface area contributed by atoms with E-state index in [-0.39, 0.29) is 11.3 Å². The van der Waals surface area contributed by atoms with Crippen LogP contribution < -0.4 is 19.5 Å². The highest BCUT2D eigenvalue weighted by Gasteiger charge is 2.26. The third-order valence-corrected chi connectivity index (χ3v) is 3.54. The molecule has 0 spiro atoms. The van der Waals surface area contributed by atoms with Crippen molar-refractivity contribution in [2.24, 2.45) is 0 Å². The molecule has 0 bridgehead atoms. The standard InChI is InChI=1S/C18H18F2N2O6/c1-3-8-27-14-7-5-4-6-12(14)21-17(23)11-9-15(26-2)16(28-18(19)20)10-13(11)22(24)25/h4-7,9-10,18H,3,8H2,1-2H3,(H,21,23). The van der Waals surface area contributed by atoms with Crippen LogP contribution >= 0.6 is 0 Å². The fraction of sp³-hybridized carbons (Fsp3) is 0.278. The van der Waals surface area contributed by atoms with E-state index in [9.17, 15) is 23.7 Å². The SMILES string of the molecule is CCCOc1ccccc1NC(=O)c1cc(OC)c(OC(F)F)cc1[N+](=O)[O-]. The molecule has 150 valence electrons. The zero-order valence-electron chi connectivity index (χ0n) is 15.1. The van der Waals surface area contributed by atoms with Crippen LogP contribution in [-0.4, -0.2) is 31.2 Å². The zero-order valence-corrected chi connectivity index (χ0v) is 15.1. The Morgan fingerprint density at radius 2 is 1.93 bits per heavy atom. The molecule has 8 nitrogen and oxygen atoms in total. The number of ether oxygens (including phenoxy) is 3. The van der Waals surface area contributed by atoms with Crippen molar-refractivity contribution in [2.45, 2.75) is 20.0 Å². The van der Waals surface area contributed by atoms with Gasteiger partial charge in [0, 0.05) is 6.07 Å². The van der Waals surface area contributed by atoms with Crippen molar-refractivity contribution in [1.82, 2.24) is 0 Å². The van der Waals surface area contributed by atoms with Crippen LogP contribution in [0.5, 0.6) is 17.2 Å². The molecule has 2 aromatic rings. The lowest BCUT2D eigenvalue weighted by atomic mass is 10.1. The summed E-state index contributed by atoms with van der Waals surface area (Å²) < 4.78 is 39.7. The molecule has 1 N–H and O–H groups in total. The van der Waals surface area contributed by atoms with Crippen molar-refractivity contribution >= 4 is 17.3 Å². The molecular formula is C18H18F2N2O6. The van der Waals surface area contributed by atoms with E-state index in [0.29, 0.717) is 18.0 Å². The molecular weight excluding hydrogens is 378 g/mol. The Morgan fingerprint density at radius 3 is 2.54 bits per heavy atom. The highest BCUT2D eigenvalue weighted by atomic mass is 19.3. The zero-order chi connectivity index (χ0) is 20.7. The van der Waals surface area contributed by atoms with Gasteiger partial charge in [0.2, 0.25) is 0 Å². The topological polar surface area (TPSA) is 99.9 Å². The Morgan fingerprint density at radius 1 is 1.21 bits per heavy atom. The monoisotopic (exact) mass is 396 g/mol. The van der Waals surface area contributed by atoms with Crippen molar-refractivity contribution in [2.75, 3.05) is 19.0 Å². The Bertz CT molecular complexity index is 860. The molecule has 2 rings (SSSR count). The minimum Gasteiger partial charge on any atom is -0.493 e. The first-order valence-electron chi connectivity index (χ1n) is 8.21. The highest BCUT2D eigenvalue weighted by Crippen LogP contribution is 2.36. The lowest BCUT2D eigenvalue weighted by Crippen LogP contribution is -2.16. The summed E-state index contributed by atoms with van der Waals surface area (Å²) in [6.07, 6.45) is 0.747. The van der Waals surface area contributed by atoms with Gasteiger partial charge in [-0.3, -0.25) is 14.9 Å². The van der Waals surface area contributed by atoms with E-state index in [0.717, 1.165) is 25.7 Å². The van der Waals surface area contributed by atoms with Crippen molar-refractivity contribution in [1.29, 1.82) is 0 Å². The second-order valence-electron chi connectivity index (χ2n) is 5.45. The largest absolute Gasteiger partial charge is 0.493 e. The van der Waals surface area contributed by atoms with E-state index < -0.39 is 28.9 Å². The average molecular weight is 396 g/mol. The first kappa shape index (κ1) is 20.9. The molecule has 0 aliphatic rings. The van der Waals surface area contributed by atoms with Crippen LogP contribution in [0.25, 0.3) is 0 Å². The Balaban J connectivity index is 2.41. The minimum atomic E-state index is -3.21. The molecule has 2 aromatic carbocycles. The van der Waals surface area contributed by atoms with Gasteiger partial charge in [0.15, 0.2) is 11.5 Å². The molecule has 0 atom stereocenters. The van der Waals surface area contributed by atoms with Crippen LogP contribution in [0.4, 0.5) is 20.2 Å². The fourth-order valence-electron chi connectivity index (χ4n) is 2.33. The Labute approximate surface area is 159 Å². The number of nitrogens with one attached hydrogen (secondary N) is 1. The van der Waals surface area contributed by atoms with Gasteiger partial charge >= 0.3 is 6.61 Å². The molecule has 1 amide bonds. The number of alkyl halides is 2. The van der Waals surface area contributed by atoms with Gasteiger partial charge in [-0.25, -0.2) is 0 Å². The third kappa shape index (κ3) is 5.06. The summed E-state index contributed by atoms with van der Waals surface area (Å²) in [7, 11) is 1.16. The molecule has 0 saturated carbocycles. The summed E-state index contributed by atoms with van der Waals surface area (Å²) in [6, 6.07) is 8.27. The second-order valence-corrected chi connectivity index (χ2v) is 5.45. The second kappa shape index (κ2) is 9.49. The Hall–Kier alpha value is -3.43. The van der Waals surface area contributed by atoms with Gasteiger partial charge < -0.3 is 19.5 Å². The van der Waals surface area contributed by atoms with Crippen LogP contribution in [0.1, 0.15) is 23.7 Å². The maximum atomic E-state index is 12.7. The number of rotatable bonds is 9. The van der Waals surface area contributed by atoms with Crippen LogP contribution in [0.15, 0.2) is 36.4 Å². The number of carbonyl (C=O) groups excluding carboxylic acids is 1. The number of nitrogens with zero attached hydrogens (tertiary/aromatic N) is 1. The minimum absolute atomic E-state index is 0.244. The van der Waals surface area contributed by atoms with E-state index >= 15 is 0 Å². The number of nitro benzene ring substituents is 1. The van der Waals surface area contributed by atoms with Crippen LogP contribution in [0, 0.1) is 10.1 Å². The number of carbonyl (C=O) groups is 1. The fourth-order valence-corrected chi connectivity index (χ4v) is 2.33. The molecule has 10 heteroatoms. The highest BCUT2D eigenvalue weighted by molar-refractivity contribution is 6.08. The van der Waals surface area contributed by atoms with Gasteiger partial charge in [0.25, 0.3) is 11.6 Å². The van der Waals surface area contributed by atoms with Gasteiger partial charge in [-0.1, -0.05) is 19.1 Å². The molecule has 0 saturated heterocycles. The summed E-state index contributed by atoms with van der Waals surface area (Å²) in [5.74, 6) is -1.23. The number of benzene rings is 2. The van der Waals surface area contributed by atoms with Crippen molar-refractivity contribution in [3.8, 4) is 17.2 Å². The van der Waals surface area contributed by atoms with Crippen LogP contribution in [0.2, 0.25) is 0 Å². The Kier molecular flexibility index (Phi) is 7.08. The molecule has 28 heavy (non-hydrogen) atoms. The molecule has 0 fully saturated rings. The lowest BCUT2D eigenvalue weighted by molar-refractivity contribution is -0.385. The summed E-state index contributed by atoms with van der Waals surface area (Å²) in [5.41, 5.74) is -0.781. The maximum absolute atomic E-state index is 12.7. The first-order chi connectivity index (χ1) is 13.4. The van der Waals surface area contributed by atoms with Gasteiger partial charge in [0.05, 0.1) is 30.4 Å². The summed E-state index contributed by atoms with van der Waals surface area (Å²) in [6.45, 7) is -0.879. The first-order valence-corrected chi connectivity index (χ1v) is 8.21. The normalized spacial score (nSPS) is 10.5. The molecule has 0 heterocycles. The quantitative estimate of drug-likeness (QED) is 0.503. The number of anilines is 1. The van der Waals surface area contributed by atoms with Gasteiger partial charge in [0.1, 0.15) is 11.3 Å². The van der Waals surface area contributed by atoms with Crippen LogP contribution in [-0.2, 0) is 0 Å². The number of nitro groups is 1. The van der Waals surface area contributed by atoms with Crippen molar-refractivity contribution in [3.63, 3.8) is 0 Å². The number of halogens is 2. The van der Waals surface area contributed by atoms with E-state index in [1.807, 2.05) is 6.92 Å². The number of hydrogen-bond acceptors (Lipinski definition) is 6. The molecule has 0 aliphatic heterocycles. The predicted octanol–water partition coefficient (Wildman–Crippen LogP) is 4.25. The van der Waals surface area contributed by atoms with E-state index in [1.165, 1.54) is 0 Å². The number of para-hydroxylation sites is 2. The van der Waals surface area contributed by atoms with E-state index in [1.54, 1.807) is 24.3 Å². The van der Waals surface area contributed by atoms with E-state index in [2.05, 4.69) is 10.1 Å². The van der Waals surface area contributed by atoms with Crippen molar-refractivity contribution < 1.29 is 32.7 Å². The predicted molar refractivity (Wildman–Crippen MR) is 96.5 cm³/mol. The summed E-state index contributed by atoms with van der Waals surface area (Å²) in [4.78, 5) is 23.1. The van der Waals surface area contributed by atoms with Gasteiger partial charge in [-0.15, -0.1) is 0 Å². The van der Waals surface area contributed by atoms with Gasteiger partial charge in [-0.2, -0.15) is 8.78 Å². The average Bonchev–Trinajstić information content (AvgIpc) is 2.66. The summed E-state index contributed by atoms with van der Waals surface area (Å²) >= 11 is 0. The van der Waals surface area contributed by atoms with E-state index in [4.69, 9.17) is 9.47 Å². The molecule has 0 radical (unpaired) electrons. The lowest BCUT2D eigenvalue weighted by Gasteiger charge is -2.14. The van der Waals surface area contributed by atoms with Crippen molar-refractivity contribution in [3.05, 3.63) is 52.1 Å². The molecule has 0 aromatic heterocycles. The molecule has 0 unspecified atom stereocenters. The maximum Gasteiger partial charge on any atom is 0.387 e. The van der Waals surface area contributed by atoms with Crippen LogP contribution in [0.3, 0.4) is 0 Å². The number of amides is 1.